The second-order valence-corrected chi connectivity index (χ2v) is 7.32. The van der Waals surface area contributed by atoms with E-state index in [9.17, 15) is 4.79 Å². The predicted molar refractivity (Wildman–Crippen MR) is 77.3 cm³/mol. The summed E-state index contributed by atoms with van der Waals surface area (Å²) in [5.41, 5.74) is 1.38. The molecule has 0 spiro atoms. The monoisotopic (exact) mass is 365 g/mol. The molecule has 0 bridgehead atoms. The van der Waals surface area contributed by atoms with Crippen LogP contribution in [0.2, 0.25) is 0 Å². The van der Waals surface area contributed by atoms with Crippen LogP contribution in [0.3, 0.4) is 0 Å². The number of hydrogen-bond donors (Lipinski definition) is 1. The summed E-state index contributed by atoms with van der Waals surface area (Å²) in [4.78, 5) is 12.9. The summed E-state index contributed by atoms with van der Waals surface area (Å²) in [6.07, 6.45) is 3.46. The van der Waals surface area contributed by atoms with Gasteiger partial charge in [0.2, 0.25) is 0 Å². The minimum Gasteiger partial charge on any atom is -0.468 e. The van der Waals surface area contributed by atoms with E-state index < -0.39 is 0 Å². The van der Waals surface area contributed by atoms with E-state index in [-0.39, 0.29) is 12.0 Å². The van der Waals surface area contributed by atoms with Crippen LogP contribution in [0.15, 0.2) is 6.07 Å². The predicted octanol–water partition coefficient (Wildman–Crippen LogP) is 2.88. The van der Waals surface area contributed by atoms with Crippen molar-refractivity contribution in [3.63, 3.8) is 0 Å². The van der Waals surface area contributed by atoms with Gasteiger partial charge in [0, 0.05) is 10.9 Å². The molecule has 0 radical (unpaired) electrons. The van der Waals surface area contributed by atoms with Gasteiger partial charge in [0.15, 0.2) is 0 Å². The Hall–Kier alpha value is -0.140. The average Bonchev–Trinajstić information content (AvgIpc) is 2.69. The Morgan fingerprint density at radius 3 is 3.18 bits per heavy atom. The molecule has 1 aromatic rings. The normalized spacial score (nSPS) is 20.8. The second-order valence-electron chi connectivity index (χ2n) is 4.29. The van der Waals surface area contributed by atoms with E-state index in [1.165, 1.54) is 33.3 Å². The fourth-order valence-electron chi connectivity index (χ4n) is 2.24. The molecule has 94 valence electrons. The molecule has 0 amide bonds. The number of rotatable bonds is 3. The van der Waals surface area contributed by atoms with Crippen molar-refractivity contribution in [3.8, 4) is 0 Å². The van der Waals surface area contributed by atoms with Gasteiger partial charge in [-0.3, -0.25) is 10.1 Å². The zero-order valence-corrected chi connectivity index (χ0v) is 12.9. The topological polar surface area (TPSA) is 38.3 Å². The number of halogens is 1. The van der Waals surface area contributed by atoms with Gasteiger partial charge in [-0.25, -0.2) is 0 Å². The minimum absolute atomic E-state index is 0.193. The third-order valence-corrected chi connectivity index (χ3v) is 5.06. The van der Waals surface area contributed by atoms with Crippen molar-refractivity contribution in [2.24, 2.45) is 0 Å². The molecule has 5 heteroatoms. The Labute approximate surface area is 119 Å². The Morgan fingerprint density at radius 1 is 1.71 bits per heavy atom. The van der Waals surface area contributed by atoms with Gasteiger partial charge in [0.1, 0.15) is 6.04 Å². The average molecular weight is 365 g/mol. The third-order valence-electron chi connectivity index (χ3n) is 3.09. The first-order valence-corrected chi connectivity index (χ1v) is 7.63. The van der Waals surface area contributed by atoms with Crippen LogP contribution in [0.25, 0.3) is 0 Å². The molecule has 0 fully saturated rings. The first kappa shape index (κ1) is 13.3. The standard InChI is InChI=1S/C12H16INO2S/c1-7(12(15)16-2)14-9-4-3-5-10-8(9)6-11(13)17-10/h6-7,9,14H,3-5H2,1-2H3. The fraction of sp³-hybridized carbons (Fsp3) is 0.583. The molecule has 0 aliphatic heterocycles. The lowest BCUT2D eigenvalue weighted by Gasteiger charge is -2.26. The van der Waals surface area contributed by atoms with Gasteiger partial charge >= 0.3 is 5.97 Å². The molecule has 3 nitrogen and oxygen atoms in total. The second kappa shape index (κ2) is 5.67. The molecule has 1 N–H and O–H groups in total. The lowest BCUT2D eigenvalue weighted by atomic mass is 9.93. The Bertz CT molecular complexity index is 419. The Balaban J connectivity index is 2.10. The van der Waals surface area contributed by atoms with Crippen LogP contribution >= 0.6 is 33.9 Å². The Morgan fingerprint density at radius 2 is 2.47 bits per heavy atom. The van der Waals surface area contributed by atoms with Crippen molar-refractivity contribution in [1.82, 2.24) is 5.32 Å². The van der Waals surface area contributed by atoms with Crippen molar-refractivity contribution >= 4 is 39.9 Å². The van der Waals surface area contributed by atoms with Crippen LogP contribution in [0.4, 0.5) is 0 Å². The molecule has 2 unspecified atom stereocenters. The number of carbonyl (C=O) groups is 1. The van der Waals surface area contributed by atoms with E-state index in [1.807, 2.05) is 18.3 Å². The zero-order chi connectivity index (χ0) is 12.4. The van der Waals surface area contributed by atoms with Crippen LogP contribution < -0.4 is 5.32 Å². The molecule has 0 saturated carbocycles. The van der Waals surface area contributed by atoms with Crippen LogP contribution in [0, 0.1) is 2.88 Å². The SMILES string of the molecule is COC(=O)C(C)NC1CCCc2sc(I)cc21. The lowest BCUT2D eigenvalue weighted by molar-refractivity contribution is -0.142. The van der Waals surface area contributed by atoms with E-state index in [2.05, 4.69) is 34.0 Å². The quantitative estimate of drug-likeness (QED) is 0.661. The minimum atomic E-state index is -0.242. The summed E-state index contributed by atoms with van der Waals surface area (Å²) in [5, 5.41) is 3.37. The maximum absolute atomic E-state index is 11.4. The number of carbonyl (C=O) groups excluding carboxylic acids is 1. The molecule has 1 aromatic heterocycles. The number of aryl methyl sites for hydroxylation is 1. The maximum atomic E-state index is 11.4. The van der Waals surface area contributed by atoms with Crippen molar-refractivity contribution in [3.05, 3.63) is 19.4 Å². The van der Waals surface area contributed by atoms with Gasteiger partial charge in [-0.2, -0.15) is 0 Å². The number of ether oxygens (including phenoxy) is 1. The number of esters is 1. The number of nitrogens with one attached hydrogen (secondary N) is 1. The van der Waals surface area contributed by atoms with Crippen LogP contribution in [0.5, 0.6) is 0 Å². The molecule has 2 atom stereocenters. The van der Waals surface area contributed by atoms with Crippen LogP contribution in [0.1, 0.15) is 36.2 Å². The fourth-order valence-corrected chi connectivity index (χ4v) is 4.36. The summed E-state index contributed by atoms with van der Waals surface area (Å²) in [6.45, 7) is 1.86. The highest BCUT2D eigenvalue weighted by atomic mass is 127. The highest BCUT2D eigenvalue weighted by Crippen LogP contribution is 2.36. The van der Waals surface area contributed by atoms with E-state index in [0.29, 0.717) is 6.04 Å². The molecule has 0 aromatic carbocycles. The highest BCUT2D eigenvalue weighted by Gasteiger charge is 2.25. The van der Waals surface area contributed by atoms with Gasteiger partial charge in [-0.05, 0) is 60.4 Å². The van der Waals surface area contributed by atoms with E-state index in [1.54, 1.807) is 0 Å². The van der Waals surface area contributed by atoms with Gasteiger partial charge in [-0.15, -0.1) is 11.3 Å². The molecule has 0 saturated heterocycles. The smallest absolute Gasteiger partial charge is 0.322 e. The van der Waals surface area contributed by atoms with E-state index >= 15 is 0 Å². The maximum Gasteiger partial charge on any atom is 0.322 e. The van der Waals surface area contributed by atoms with E-state index in [0.717, 1.165) is 6.42 Å². The molecule has 17 heavy (non-hydrogen) atoms. The number of thiophene rings is 1. The van der Waals surface area contributed by atoms with Crippen molar-refractivity contribution in [2.75, 3.05) is 7.11 Å². The first-order valence-electron chi connectivity index (χ1n) is 5.73. The first-order chi connectivity index (χ1) is 8.11. The molecular formula is C12H16INO2S. The van der Waals surface area contributed by atoms with Gasteiger partial charge in [0.25, 0.3) is 0 Å². The van der Waals surface area contributed by atoms with Crippen molar-refractivity contribution < 1.29 is 9.53 Å². The number of hydrogen-bond acceptors (Lipinski definition) is 4. The molecule has 1 aliphatic carbocycles. The number of methoxy groups -OCH3 is 1. The summed E-state index contributed by atoms with van der Waals surface area (Å²) in [5.74, 6) is -0.193. The summed E-state index contributed by atoms with van der Waals surface area (Å²) < 4.78 is 6.07. The van der Waals surface area contributed by atoms with Crippen molar-refractivity contribution in [1.29, 1.82) is 0 Å². The van der Waals surface area contributed by atoms with Gasteiger partial charge in [0.05, 0.1) is 9.99 Å². The highest BCUT2D eigenvalue weighted by molar-refractivity contribution is 14.1. The summed E-state index contributed by atoms with van der Waals surface area (Å²) in [7, 11) is 1.43. The van der Waals surface area contributed by atoms with Crippen molar-refractivity contribution in [2.45, 2.75) is 38.3 Å². The summed E-state index contributed by atoms with van der Waals surface area (Å²) in [6, 6.07) is 2.29. The van der Waals surface area contributed by atoms with Crippen LogP contribution in [-0.2, 0) is 16.0 Å². The molecule has 1 aliphatic rings. The van der Waals surface area contributed by atoms with Gasteiger partial charge < -0.3 is 4.74 Å². The molecule has 1 heterocycles. The molecular weight excluding hydrogens is 349 g/mol. The van der Waals surface area contributed by atoms with E-state index in [4.69, 9.17) is 4.74 Å². The Kier molecular flexibility index (Phi) is 4.43. The number of fused-ring (bicyclic) bond motifs is 1. The summed E-state index contributed by atoms with van der Waals surface area (Å²) >= 11 is 4.23. The largest absolute Gasteiger partial charge is 0.468 e. The lowest BCUT2D eigenvalue weighted by Crippen LogP contribution is -2.38. The van der Waals surface area contributed by atoms with Gasteiger partial charge in [-0.1, -0.05) is 0 Å². The molecule has 2 rings (SSSR count). The van der Waals surface area contributed by atoms with Crippen LogP contribution in [-0.4, -0.2) is 19.1 Å². The third kappa shape index (κ3) is 3.00. The zero-order valence-electron chi connectivity index (χ0n) is 9.96.